The summed E-state index contributed by atoms with van der Waals surface area (Å²) >= 11 is 0. The topological polar surface area (TPSA) is 41.6 Å². The molecule has 1 amide bonds. The molecule has 4 heteroatoms. The molecule has 1 N–H and O–H groups in total. The van der Waals surface area contributed by atoms with Crippen LogP contribution in [0, 0.1) is 5.41 Å². The van der Waals surface area contributed by atoms with Crippen LogP contribution in [0.25, 0.3) is 0 Å². The molecule has 23 heavy (non-hydrogen) atoms. The van der Waals surface area contributed by atoms with Crippen molar-refractivity contribution in [1.82, 2.24) is 10.2 Å². The van der Waals surface area contributed by atoms with Crippen LogP contribution in [0.4, 0.5) is 4.79 Å². The maximum absolute atomic E-state index is 12.4. The Morgan fingerprint density at radius 1 is 1.09 bits per heavy atom. The van der Waals surface area contributed by atoms with Gasteiger partial charge in [0.25, 0.3) is 0 Å². The van der Waals surface area contributed by atoms with Gasteiger partial charge in [0.05, 0.1) is 0 Å². The van der Waals surface area contributed by atoms with Gasteiger partial charge in [-0.15, -0.1) is 0 Å². The molecule has 0 aromatic rings. The highest BCUT2D eigenvalue weighted by Crippen LogP contribution is 2.34. The first kappa shape index (κ1) is 20.3. The van der Waals surface area contributed by atoms with E-state index < -0.39 is 5.60 Å². The zero-order valence-corrected chi connectivity index (χ0v) is 16.4. The summed E-state index contributed by atoms with van der Waals surface area (Å²) in [6, 6.07) is 0. The predicted octanol–water partition coefficient (Wildman–Crippen LogP) is 4.58. The van der Waals surface area contributed by atoms with Gasteiger partial charge >= 0.3 is 6.09 Å². The van der Waals surface area contributed by atoms with Crippen molar-refractivity contribution in [3.63, 3.8) is 0 Å². The van der Waals surface area contributed by atoms with Gasteiger partial charge in [-0.2, -0.15) is 0 Å². The van der Waals surface area contributed by atoms with Gasteiger partial charge in [-0.25, -0.2) is 4.79 Å². The minimum atomic E-state index is -0.455. The predicted molar refractivity (Wildman–Crippen MR) is 96.8 cm³/mol. The van der Waals surface area contributed by atoms with Crippen LogP contribution < -0.4 is 5.32 Å². The number of nitrogens with one attached hydrogen (secondary N) is 1. The van der Waals surface area contributed by atoms with E-state index in [1.807, 2.05) is 25.7 Å². The molecule has 4 nitrogen and oxygen atoms in total. The van der Waals surface area contributed by atoms with Crippen LogP contribution in [-0.2, 0) is 4.74 Å². The zero-order valence-electron chi connectivity index (χ0n) is 16.4. The largest absolute Gasteiger partial charge is 0.444 e. The van der Waals surface area contributed by atoms with Crippen LogP contribution >= 0.6 is 0 Å². The fraction of sp³-hybridized carbons (Fsp3) is 0.947. The first-order chi connectivity index (χ1) is 10.4. The Bertz CT molecular complexity index is 374. The van der Waals surface area contributed by atoms with Gasteiger partial charge in [-0.3, -0.25) is 0 Å². The maximum Gasteiger partial charge on any atom is 0.410 e. The molecule has 0 spiro atoms. The molecule has 0 unspecified atom stereocenters. The number of hydrogen-bond donors (Lipinski definition) is 1. The second-order valence-electron chi connectivity index (χ2n) is 9.35. The lowest BCUT2D eigenvalue weighted by Crippen LogP contribution is -2.50. The van der Waals surface area contributed by atoms with Gasteiger partial charge < -0.3 is 15.0 Å². The number of ether oxygens (including phenoxy) is 1. The minimum absolute atomic E-state index is 0.226. The van der Waals surface area contributed by atoms with Gasteiger partial charge in [0.1, 0.15) is 5.60 Å². The summed E-state index contributed by atoms with van der Waals surface area (Å²) in [4.78, 5) is 14.3. The van der Waals surface area contributed by atoms with Crippen molar-refractivity contribution < 1.29 is 9.53 Å². The summed E-state index contributed by atoms with van der Waals surface area (Å²) in [5, 5.41) is 3.57. The van der Waals surface area contributed by atoms with Crippen molar-refractivity contribution in [2.24, 2.45) is 5.41 Å². The molecule has 1 fully saturated rings. The zero-order chi connectivity index (χ0) is 17.7. The van der Waals surface area contributed by atoms with Crippen LogP contribution in [0.1, 0.15) is 80.6 Å². The lowest BCUT2D eigenvalue weighted by atomic mass is 9.76. The monoisotopic (exact) mass is 326 g/mol. The van der Waals surface area contributed by atoms with Crippen LogP contribution in [-0.4, -0.2) is 41.8 Å². The molecule has 136 valence electrons. The molecule has 1 aliphatic rings. The van der Waals surface area contributed by atoms with Crippen LogP contribution in [0.15, 0.2) is 0 Å². The SMILES string of the molecule is CC1(CNCCN(C(=O)OC(C)(C)C)C(C)(C)C)CCCCC1. The van der Waals surface area contributed by atoms with E-state index in [0.717, 1.165) is 13.1 Å². The summed E-state index contributed by atoms with van der Waals surface area (Å²) in [7, 11) is 0. The smallest absolute Gasteiger partial charge is 0.410 e. The second kappa shape index (κ2) is 7.87. The summed E-state index contributed by atoms with van der Waals surface area (Å²) in [6.45, 7) is 16.8. The normalized spacial score (nSPS) is 18.6. The fourth-order valence-electron chi connectivity index (χ4n) is 3.18. The molecule has 0 aromatic heterocycles. The minimum Gasteiger partial charge on any atom is -0.444 e. The highest BCUT2D eigenvalue weighted by atomic mass is 16.6. The molecule has 1 aliphatic carbocycles. The average molecular weight is 327 g/mol. The Labute approximate surface area is 143 Å². The van der Waals surface area contributed by atoms with Crippen LogP contribution in [0.5, 0.6) is 0 Å². The van der Waals surface area contributed by atoms with Crippen molar-refractivity contribution in [2.75, 3.05) is 19.6 Å². The van der Waals surface area contributed by atoms with Crippen LogP contribution in [0.3, 0.4) is 0 Å². The van der Waals surface area contributed by atoms with E-state index in [4.69, 9.17) is 4.74 Å². The van der Waals surface area contributed by atoms with Gasteiger partial charge in [0.15, 0.2) is 0 Å². The summed E-state index contributed by atoms with van der Waals surface area (Å²) < 4.78 is 5.55. The molecule has 0 heterocycles. The van der Waals surface area contributed by atoms with E-state index in [1.165, 1.54) is 32.1 Å². The molecule has 0 aromatic carbocycles. The maximum atomic E-state index is 12.4. The molecule has 0 saturated heterocycles. The molecule has 1 saturated carbocycles. The van der Waals surface area contributed by atoms with Crippen molar-refractivity contribution >= 4 is 6.09 Å². The van der Waals surface area contributed by atoms with Crippen molar-refractivity contribution in [1.29, 1.82) is 0 Å². The number of carbonyl (C=O) groups is 1. The Balaban J connectivity index is 2.47. The highest BCUT2D eigenvalue weighted by Gasteiger charge is 2.31. The quantitative estimate of drug-likeness (QED) is 0.752. The number of hydrogen-bond acceptors (Lipinski definition) is 3. The number of nitrogens with zero attached hydrogens (tertiary/aromatic N) is 1. The van der Waals surface area contributed by atoms with E-state index in [0.29, 0.717) is 12.0 Å². The summed E-state index contributed by atoms with van der Waals surface area (Å²) in [5.74, 6) is 0. The molecule has 0 atom stereocenters. The molecule has 1 rings (SSSR count). The van der Waals surface area contributed by atoms with Gasteiger partial charge in [-0.05, 0) is 59.8 Å². The molecular weight excluding hydrogens is 288 g/mol. The molecule has 0 aliphatic heterocycles. The Morgan fingerprint density at radius 2 is 1.65 bits per heavy atom. The first-order valence-electron chi connectivity index (χ1n) is 9.14. The van der Waals surface area contributed by atoms with Crippen LogP contribution in [0.2, 0.25) is 0 Å². The third kappa shape index (κ3) is 7.56. The third-order valence-electron chi connectivity index (χ3n) is 4.55. The lowest BCUT2D eigenvalue weighted by Gasteiger charge is -2.38. The second-order valence-corrected chi connectivity index (χ2v) is 9.35. The van der Waals surface area contributed by atoms with Crippen molar-refractivity contribution in [3.05, 3.63) is 0 Å². The molecule has 0 radical (unpaired) electrons. The number of amides is 1. The van der Waals surface area contributed by atoms with Crippen molar-refractivity contribution in [2.45, 2.75) is 91.7 Å². The first-order valence-corrected chi connectivity index (χ1v) is 9.14. The van der Waals surface area contributed by atoms with Gasteiger partial charge in [-0.1, -0.05) is 26.2 Å². The Kier molecular flexibility index (Phi) is 6.94. The number of rotatable bonds is 5. The lowest BCUT2D eigenvalue weighted by molar-refractivity contribution is 0.00646. The highest BCUT2D eigenvalue weighted by molar-refractivity contribution is 5.69. The number of carbonyl (C=O) groups excluding carboxylic acids is 1. The fourth-order valence-corrected chi connectivity index (χ4v) is 3.18. The molecular formula is C19H38N2O2. The standard InChI is InChI=1S/C19H38N2O2/c1-17(2,3)21(16(22)23-18(4,5)6)14-13-20-15-19(7)11-9-8-10-12-19/h20H,8-15H2,1-7H3. The Hall–Kier alpha value is -0.770. The van der Waals surface area contributed by atoms with Crippen molar-refractivity contribution in [3.8, 4) is 0 Å². The Morgan fingerprint density at radius 3 is 2.13 bits per heavy atom. The summed E-state index contributed by atoms with van der Waals surface area (Å²) in [5.41, 5.74) is -0.265. The summed E-state index contributed by atoms with van der Waals surface area (Å²) in [6.07, 6.45) is 6.49. The van der Waals surface area contributed by atoms with E-state index >= 15 is 0 Å². The van der Waals surface area contributed by atoms with E-state index in [2.05, 4.69) is 33.0 Å². The van der Waals surface area contributed by atoms with Gasteiger partial charge in [0, 0.05) is 25.2 Å². The van der Waals surface area contributed by atoms with E-state index in [-0.39, 0.29) is 11.6 Å². The third-order valence-corrected chi connectivity index (χ3v) is 4.55. The van der Waals surface area contributed by atoms with E-state index in [9.17, 15) is 4.79 Å². The average Bonchev–Trinajstić information content (AvgIpc) is 2.35. The van der Waals surface area contributed by atoms with Gasteiger partial charge in [0.2, 0.25) is 0 Å². The molecule has 0 bridgehead atoms. The van der Waals surface area contributed by atoms with E-state index in [1.54, 1.807) is 0 Å².